The molecule has 0 aliphatic rings. The molecule has 0 bridgehead atoms. The molecule has 0 aliphatic heterocycles. The number of amides is 1. The van der Waals surface area contributed by atoms with Gasteiger partial charge in [0.2, 0.25) is 5.91 Å². The van der Waals surface area contributed by atoms with Crippen LogP contribution in [0.5, 0.6) is 0 Å². The Morgan fingerprint density at radius 3 is 1.38 bits per heavy atom. The van der Waals surface area contributed by atoms with E-state index in [9.17, 15) is 4.79 Å². The monoisotopic (exact) mass is 412 g/mol. The first-order valence-electron chi connectivity index (χ1n) is 12.6. The molecule has 5 heteroatoms. The molecule has 0 spiro atoms. The molecule has 0 aromatic carbocycles. The Bertz CT molecular complexity index is 341. The first-order chi connectivity index (χ1) is 14.1. The van der Waals surface area contributed by atoms with E-state index in [1.165, 1.54) is 57.8 Å². The summed E-state index contributed by atoms with van der Waals surface area (Å²) in [5.74, 6) is 0.187. The van der Waals surface area contributed by atoms with Crippen LogP contribution >= 0.6 is 0 Å². The molecule has 0 saturated heterocycles. The van der Waals surface area contributed by atoms with Crippen molar-refractivity contribution >= 4 is 5.91 Å². The summed E-state index contributed by atoms with van der Waals surface area (Å²) in [6.07, 6.45) is 20.5. The van der Waals surface area contributed by atoms with Gasteiger partial charge in [0.05, 0.1) is 0 Å². The van der Waals surface area contributed by atoms with Crippen LogP contribution in [0.4, 0.5) is 0 Å². The van der Waals surface area contributed by atoms with Gasteiger partial charge in [-0.2, -0.15) is 0 Å². The van der Waals surface area contributed by atoms with E-state index in [4.69, 9.17) is 17.2 Å². The molecule has 1 amide bonds. The third-order valence-electron chi connectivity index (χ3n) is 5.99. The summed E-state index contributed by atoms with van der Waals surface area (Å²) >= 11 is 0. The Balaban J connectivity index is 4.07. The van der Waals surface area contributed by atoms with E-state index >= 15 is 0 Å². The Labute approximate surface area is 181 Å². The van der Waals surface area contributed by atoms with Gasteiger partial charge in [0.1, 0.15) is 0 Å². The lowest BCUT2D eigenvalue weighted by molar-refractivity contribution is -0.123. The van der Waals surface area contributed by atoms with Crippen molar-refractivity contribution in [1.29, 1.82) is 0 Å². The van der Waals surface area contributed by atoms with Gasteiger partial charge in [-0.25, -0.2) is 0 Å². The van der Waals surface area contributed by atoms with Crippen molar-refractivity contribution in [3.63, 3.8) is 0 Å². The molecule has 0 rings (SSSR count). The second kappa shape index (κ2) is 20.6. The summed E-state index contributed by atoms with van der Waals surface area (Å²) in [6, 6.07) is 0. The van der Waals surface area contributed by atoms with Crippen molar-refractivity contribution in [3.05, 3.63) is 0 Å². The predicted octanol–water partition coefficient (Wildman–Crippen LogP) is 4.76. The van der Waals surface area contributed by atoms with Crippen LogP contribution in [0, 0.1) is 0 Å². The van der Waals surface area contributed by atoms with E-state index in [1.807, 2.05) is 0 Å². The normalized spacial score (nSPS) is 11.7. The van der Waals surface area contributed by atoms with E-state index < -0.39 is 0 Å². The Hall–Kier alpha value is -0.650. The third kappa shape index (κ3) is 16.8. The van der Waals surface area contributed by atoms with Gasteiger partial charge in [-0.3, -0.25) is 4.79 Å². The van der Waals surface area contributed by atoms with E-state index in [1.54, 1.807) is 0 Å². The Kier molecular flexibility index (Phi) is 20.2. The largest absolute Gasteiger partial charge is 0.351 e. The SMILES string of the molecule is CCCCCCCCCCCCCC(=O)NC(CCCN)(CCCN)CCCN. The molecule has 0 heterocycles. The zero-order valence-corrected chi connectivity index (χ0v) is 19.5. The zero-order valence-electron chi connectivity index (χ0n) is 19.5. The summed E-state index contributed by atoms with van der Waals surface area (Å²) in [6.45, 7) is 4.23. The van der Waals surface area contributed by atoms with Crippen LogP contribution in [0.15, 0.2) is 0 Å². The van der Waals surface area contributed by atoms with Crippen molar-refractivity contribution in [3.8, 4) is 0 Å². The van der Waals surface area contributed by atoms with Gasteiger partial charge in [-0.05, 0) is 64.6 Å². The Morgan fingerprint density at radius 2 is 1.00 bits per heavy atom. The first kappa shape index (κ1) is 28.4. The molecule has 29 heavy (non-hydrogen) atoms. The fourth-order valence-electron chi connectivity index (χ4n) is 4.19. The number of hydrogen-bond acceptors (Lipinski definition) is 4. The summed E-state index contributed by atoms with van der Waals surface area (Å²) in [5, 5.41) is 3.36. The second-order valence-electron chi connectivity index (χ2n) is 8.79. The van der Waals surface area contributed by atoms with Gasteiger partial charge < -0.3 is 22.5 Å². The number of rotatable bonds is 22. The molecule has 174 valence electrons. The molecule has 0 aromatic rings. The molecule has 7 N–H and O–H groups in total. The van der Waals surface area contributed by atoms with Gasteiger partial charge in [-0.1, -0.05) is 71.1 Å². The smallest absolute Gasteiger partial charge is 0.220 e. The standard InChI is InChI=1S/C24H52N4O/c1-2-3-4-5-6-7-8-9-10-11-12-16-23(29)28-24(17-13-20-25,18-14-21-26)19-15-22-27/h2-22,25-27H2,1H3,(H,28,29). The summed E-state index contributed by atoms with van der Waals surface area (Å²) in [7, 11) is 0. The minimum absolute atomic E-state index is 0.174. The van der Waals surface area contributed by atoms with Crippen LogP contribution in [0.3, 0.4) is 0 Å². The molecular formula is C24H52N4O. The number of hydrogen-bond donors (Lipinski definition) is 4. The number of nitrogens with one attached hydrogen (secondary N) is 1. The maximum absolute atomic E-state index is 12.6. The highest BCUT2D eigenvalue weighted by molar-refractivity contribution is 5.76. The fraction of sp³-hybridized carbons (Fsp3) is 0.958. The zero-order chi connectivity index (χ0) is 21.6. The molecule has 0 aliphatic carbocycles. The summed E-state index contributed by atoms with van der Waals surface area (Å²) in [5.41, 5.74) is 17.0. The van der Waals surface area contributed by atoms with Crippen molar-refractivity contribution in [2.75, 3.05) is 19.6 Å². The van der Waals surface area contributed by atoms with Gasteiger partial charge in [0, 0.05) is 12.0 Å². The molecule has 5 nitrogen and oxygen atoms in total. The van der Waals surface area contributed by atoms with Gasteiger partial charge in [0.15, 0.2) is 0 Å². The number of nitrogens with two attached hydrogens (primary N) is 3. The minimum Gasteiger partial charge on any atom is -0.351 e. The van der Waals surface area contributed by atoms with E-state index in [0.29, 0.717) is 26.1 Å². The number of unbranched alkanes of at least 4 members (excludes halogenated alkanes) is 10. The van der Waals surface area contributed by atoms with Crippen molar-refractivity contribution in [2.45, 2.75) is 128 Å². The average molecular weight is 413 g/mol. The first-order valence-corrected chi connectivity index (χ1v) is 12.6. The quantitative estimate of drug-likeness (QED) is 0.192. The molecule has 0 unspecified atom stereocenters. The van der Waals surface area contributed by atoms with Crippen LogP contribution in [0.1, 0.15) is 122 Å². The van der Waals surface area contributed by atoms with Crippen molar-refractivity contribution < 1.29 is 4.79 Å². The third-order valence-corrected chi connectivity index (χ3v) is 5.99. The van der Waals surface area contributed by atoms with E-state index in [-0.39, 0.29) is 11.4 Å². The van der Waals surface area contributed by atoms with Crippen molar-refractivity contribution in [1.82, 2.24) is 5.32 Å². The minimum atomic E-state index is -0.174. The molecule has 0 aromatic heterocycles. The van der Waals surface area contributed by atoms with Crippen LogP contribution in [-0.2, 0) is 4.79 Å². The molecule has 0 radical (unpaired) electrons. The molecular weight excluding hydrogens is 360 g/mol. The van der Waals surface area contributed by atoms with Gasteiger partial charge >= 0.3 is 0 Å². The van der Waals surface area contributed by atoms with Crippen molar-refractivity contribution in [2.24, 2.45) is 17.2 Å². The summed E-state index contributed by atoms with van der Waals surface area (Å²) < 4.78 is 0. The van der Waals surface area contributed by atoms with E-state index in [0.717, 1.165) is 51.4 Å². The maximum Gasteiger partial charge on any atom is 0.220 e. The molecule has 0 fully saturated rings. The highest BCUT2D eigenvalue weighted by Crippen LogP contribution is 2.25. The lowest BCUT2D eigenvalue weighted by Gasteiger charge is -2.35. The Morgan fingerprint density at radius 1 is 0.621 bits per heavy atom. The number of carbonyl (C=O) groups excluding carboxylic acids is 1. The second-order valence-corrected chi connectivity index (χ2v) is 8.79. The number of carbonyl (C=O) groups is 1. The molecule has 0 saturated carbocycles. The summed E-state index contributed by atoms with van der Waals surface area (Å²) in [4.78, 5) is 12.6. The highest BCUT2D eigenvalue weighted by atomic mass is 16.1. The van der Waals surface area contributed by atoms with Crippen LogP contribution in [0.25, 0.3) is 0 Å². The molecule has 0 atom stereocenters. The van der Waals surface area contributed by atoms with Crippen LogP contribution < -0.4 is 22.5 Å². The van der Waals surface area contributed by atoms with Crippen LogP contribution in [-0.4, -0.2) is 31.1 Å². The topological polar surface area (TPSA) is 107 Å². The predicted molar refractivity (Wildman–Crippen MR) is 127 cm³/mol. The van der Waals surface area contributed by atoms with Gasteiger partial charge in [-0.15, -0.1) is 0 Å². The van der Waals surface area contributed by atoms with E-state index in [2.05, 4.69) is 12.2 Å². The highest BCUT2D eigenvalue weighted by Gasteiger charge is 2.29. The lowest BCUT2D eigenvalue weighted by Crippen LogP contribution is -2.49. The maximum atomic E-state index is 12.6. The average Bonchev–Trinajstić information content (AvgIpc) is 2.73. The lowest BCUT2D eigenvalue weighted by atomic mass is 9.83. The fourth-order valence-corrected chi connectivity index (χ4v) is 4.19. The van der Waals surface area contributed by atoms with Gasteiger partial charge in [0.25, 0.3) is 0 Å². The van der Waals surface area contributed by atoms with Crippen LogP contribution in [0.2, 0.25) is 0 Å².